The lowest BCUT2D eigenvalue weighted by atomic mass is 9.91. The average molecular weight is 787 g/mol. The van der Waals surface area contributed by atoms with E-state index in [-0.39, 0.29) is 0 Å². The second-order valence-electron chi connectivity index (χ2n) is 16.1. The third kappa shape index (κ3) is 5.33. The summed E-state index contributed by atoms with van der Waals surface area (Å²) in [4.78, 5) is 21.9. The fourth-order valence-electron chi connectivity index (χ4n) is 9.77. The van der Waals surface area contributed by atoms with E-state index in [1.165, 1.54) is 21.5 Å². The van der Waals surface area contributed by atoms with Crippen LogP contribution in [-0.2, 0) is 0 Å². The van der Waals surface area contributed by atoms with Crippen LogP contribution < -0.4 is 0 Å². The van der Waals surface area contributed by atoms with Crippen LogP contribution in [0.2, 0.25) is 0 Å². The molecule has 0 aliphatic rings. The molecule has 4 nitrogen and oxygen atoms in total. The highest BCUT2D eigenvalue weighted by Gasteiger charge is 2.22. The SMILES string of the molecule is c1ccc2cc(-c3nc4ccccc4c4c3cc(-c3nc(-c5cc6ccccc6c6ccccc56)nc(-c5cc6ccccc6c6ccccc56)n3)c3ccccc34)ccc2c1. The predicted octanol–water partition coefficient (Wildman–Crippen LogP) is 15.2. The maximum absolute atomic E-state index is 5.52. The Balaban J connectivity index is 1.17. The molecule has 62 heavy (non-hydrogen) atoms. The van der Waals surface area contributed by atoms with Gasteiger partial charge >= 0.3 is 0 Å². The molecular weight excluding hydrogens is 753 g/mol. The van der Waals surface area contributed by atoms with Crippen molar-refractivity contribution in [2.45, 2.75) is 0 Å². The zero-order chi connectivity index (χ0) is 40.7. The van der Waals surface area contributed by atoms with Crippen molar-refractivity contribution in [2.75, 3.05) is 0 Å². The Bertz CT molecular complexity index is 3860. The molecule has 13 aromatic rings. The van der Waals surface area contributed by atoms with Crippen molar-refractivity contribution in [3.8, 4) is 45.4 Å². The molecule has 0 atom stereocenters. The first-order chi connectivity index (χ1) is 30.7. The highest BCUT2D eigenvalue weighted by Crippen LogP contribution is 2.43. The Hall–Kier alpha value is -8.34. The van der Waals surface area contributed by atoms with E-state index >= 15 is 0 Å². The lowest BCUT2D eigenvalue weighted by molar-refractivity contribution is 1.08. The first-order valence-electron chi connectivity index (χ1n) is 21.1. The number of hydrogen-bond donors (Lipinski definition) is 0. The van der Waals surface area contributed by atoms with Gasteiger partial charge in [-0.15, -0.1) is 0 Å². The molecular formula is C58H34N4. The molecule has 0 unspecified atom stereocenters. The van der Waals surface area contributed by atoms with E-state index in [9.17, 15) is 0 Å². The predicted molar refractivity (Wildman–Crippen MR) is 259 cm³/mol. The summed E-state index contributed by atoms with van der Waals surface area (Å²) in [5, 5.41) is 17.0. The van der Waals surface area contributed by atoms with E-state index in [1.54, 1.807) is 0 Å². The smallest absolute Gasteiger partial charge is 0.164 e. The van der Waals surface area contributed by atoms with Gasteiger partial charge in [-0.25, -0.2) is 19.9 Å². The maximum atomic E-state index is 5.52. The molecule has 0 aliphatic heterocycles. The minimum absolute atomic E-state index is 0.607. The topological polar surface area (TPSA) is 51.6 Å². The van der Waals surface area contributed by atoms with Crippen molar-refractivity contribution in [1.82, 2.24) is 19.9 Å². The third-order valence-electron chi connectivity index (χ3n) is 12.6. The van der Waals surface area contributed by atoms with Crippen LogP contribution in [0.15, 0.2) is 206 Å². The van der Waals surface area contributed by atoms with Crippen molar-refractivity contribution in [3.63, 3.8) is 0 Å². The van der Waals surface area contributed by atoms with Gasteiger partial charge in [0.1, 0.15) is 0 Å². The Morgan fingerprint density at radius 1 is 0.242 bits per heavy atom. The Kier molecular flexibility index (Phi) is 7.57. The summed E-state index contributed by atoms with van der Waals surface area (Å²) in [5.41, 5.74) is 5.78. The van der Waals surface area contributed by atoms with E-state index in [4.69, 9.17) is 19.9 Å². The van der Waals surface area contributed by atoms with Gasteiger partial charge in [0.15, 0.2) is 17.5 Å². The van der Waals surface area contributed by atoms with Crippen LogP contribution in [0, 0.1) is 0 Å². The normalized spacial score (nSPS) is 11.9. The molecule has 0 radical (unpaired) electrons. The molecule has 0 aliphatic carbocycles. The van der Waals surface area contributed by atoms with E-state index in [0.29, 0.717) is 17.5 Å². The maximum Gasteiger partial charge on any atom is 0.164 e. The molecule has 0 N–H and O–H groups in total. The van der Waals surface area contributed by atoms with Crippen molar-refractivity contribution < 1.29 is 0 Å². The second kappa shape index (κ2) is 13.6. The van der Waals surface area contributed by atoms with Crippen molar-refractivity contribution in [3.05, 3.63) is 206 Å². The lowest BCUT2D eigenvalue weighted by Gasteiger charge is -2.17. The number of fused-ring (bicyclic) bond motifs is 12. The Morgan fingerprint density at radius 2 is 0.661 bits per heavy atom. The summed E-state index contributed by atoms with van der Waals surface area (Å²) in [7, 11) is 0. The summed E-state index contributed by atoms with van der Waals surface area (Å²) in [5.74, 6) is 1.86. The summed E-state index contributed by atoms with van der Waals surface area (Å²) in [6.07, 6.45) is 0. The van der Waals surface area contributed by atoms with Gasteiger partial charge < -0.3 is 0 Å². The monoisotopic (exact) mass is 786 g/mol. The van der Waals surface area contributed by atoms with Gasteiger partial charge in [0, 0.05) is 38.4 Å². The molecule has 11 aromatic carbocycles. The van der Waals surface area contributed by atoms with Gasteiger partial charge in [-0.3, -0.25) is 0 Å². The zero-order valence-electron chi connectivity index (χ0n) is 33.4. The van der Waals surface area contributed by atoms with E-state index in [1.807, 2.05) is 0 Å². The fraction of sp³-hybridized carbons (Fsp3) is 0. The van der Waals surface area contributed by atoms with Gasteiger partial charge in [0.25, 0.3) is 0 Å². The summed E-state index contributed by atoms with van der Waals surface area (Å²) < 4.78 is 0. The number of nitrogens with zero attached hydrogens (tertiary/aromatic N) is 4. The van der Waals surface area contributed by atoms with Crippen LogP contribution in [0.1, 0.15) is 0 Å². The van der Waals surface area contributed by atoms with Crippen LogP contribution in [0.3, 0.4) is 0 Å². The fourth-order valence-corrected chi connectivity index (χ4v) is 9.77. The van der Waals surface area contributed by atoms with Crippen LogP contribution >= 0.6 is 0 Å². The van der Waals surface area contributed by atoms with Gasteiger partial charge in [-0.1, -0.05) is 176 Å². The second-order valence-corrected chi connectivity index (χ2v) is 16.1. The number of para-hydroxylation sites is 1. The number of benzene rings is 11. The minimum Gasteiger partial charge on any atom is -0.247 e. The van der Waals surface area contributed by atoms with E-state index in [0.717, 1.165) is 92.7 Å². The molecule has 0 bridgehead atoms. The standard InChI is InChI=1S/C58H34N4/c1-2-16-36-31-39(30-29-35(36)15-1)55-52-34-51(46-25-11-12-26-47(46)54(52)48-27-13-14-28-53(48)59-55)58-61-56(49-32-37-17-3-5-19-40(37)42-21-7-9-23-44(42)49)60-57(62-58)50-33-38-18-4-6-20-41(38)43-22-8-10-24-45(43)50/h1-34H. The zero-order valence-corrected chi connectivity index (χ0v) is 33.4. The molecule has 2 heterocycles. The van der Waals surface area contributed by atoms with Crippen LogP contribution in [0.5, 0.6) is 0 Å². The lowest BCUT2D eigenvalue weighted by Crippen LogP contribution is -2.02. The average Bonchev–Trinajstić information content (AvgIpc) is 3.35. The number of pyridine rings is 1. The first-order valence-corrected chi connectivity index (χ1v) is 21.1. The summed E-state index contributed by atoms with van der Waals surface area (Å²) >= 11 is 0. The van der Waals surface area contributed by atoms with Gasteiger partial charge in [-0.05, 0) is 95.0 Å². The highest BCUT2D eigenvalue weighted by molar-refractivity contribution is 6.25. The van der Waals surface area contributed by atoms with Crippen molar-refractivity contribution in [2.24, 2.45) is 0 Å². The number of hydrogen-bond acceptors (Lipinski definition) is 4. The van der Waals surface area contributed by atoms with Crippen LogP contribution in [-0.4, -0.2) is 19.9 Å². The summed E-state index contributed by atoms with van der Waals surface area (Å²) in [6, 6.07) is 73.4. The van der Waals surface area contributed by atoms with Gasteiger partial charge in [0.05, 0.1) is 11.2 Å². The largest absolute Gasteiger partial charge is 0.247 e. The van der Waals surface area contributed by atoms with Crippen molar-refractivity contribution >= 4 is 86.3 Å². The molecule has 0 saturated carbocycles. The highest BCUT2D eigenvalue weighted by atomic mass is 15.0. The molecule has 2 aromatic heterocycles. The first kappa shape index (κ1) is 34.5. The minimum atomic E-state index is 0.607. The Labute approximate surface area is 356 Å². The van der Waals surface area contributed by atoms with Crippen molar-refractivity contribution in [1.29, 1.82) is 0 Å². The van der Waals surface area contributed by atoms with Gasteiger partial charge in [-0.2, -0.15) is 0 Å². The Morgan fingerprint density at radius 3 is 1.24 bits per heavy atom. The van der Waals surface area contributed by atoms with E-state index in [2.05, 4.69) is 206 Å². The molecule has 4 heteroatoms. The molecule has 0 fully saturated rings. The molecule has 13 rings (SSSR count). The molecule has 0 spiro atoms. The summed E-state index contributed by atoms with van der Waals surface area (Å²) in [6.45, 7) is 0. The molecule has 0 saturated heterocycles. The molecule has 0 amide bonds. The van der Waals surface area contributed by atoms with Crippen LogP contribution in [0.4, 0.5) is 0 Å². The number of rotatable bonds is 4. The van der Waals surface area contributed by atoms with Gasteiger partial charge in [0.2, 0.25) is 0 Å². The quantitative estimate of drug-likeness (QED) is 0.167. The number of aromatic nitrogens is 4. The van der Waals surface area contributed by atoms with Crippen LogP contribution in [0.25, 0.3) is 132 Å². The third-order valence-corrected chi connectivity index (χ3v) is 12.6. The molecule has 286 valence electrons. The van der Waals surface area contributed by atoms with E-state index < -0.39 is 0 Å².